The summed E-state index contributed by atoms with van der Waals surface area (Å²) in [6, 6.07) is 7.57. The van der Waals surface area contributed by atoms with E-state index in [4.69, 9.17) is 16.7 Å². The van der Waals surface area contributed by atoms with Crippen LogP contribution in [0.4, 0.5) is 0 Å². The lowest BCUT2D eigenvalue weighted by molar-refractivity contribution is -0.122. The number of aliphatic hydroxyl groups excluding tert-OH is 1. The summed E-state index contributed by atoms with van der Waals surface area (Å²) >= 11 is 7.52. The van der Waals surface area contributed by atoms with Crippen LogP contribution < -0.4 is 5.32 Å². The van der Waals surface area contributed by atoms with Crippen molar-refractivity contribution in [2.24, 2.45) is 0 Å². The number of rotatable bonds is 8. The molecule has 1 rings (SSSR count). The Kier molecular flexibility index (Phi) is 7.94. The Hall–Kier alpha value is -0.710. The predicted molar refractivity (Wildman–Crippen MR) is 80.7 cm³/mol. The van der Waals surface area contributed by atoms with E-state index in [2.05, 4.69) is 5.32 Å². The van der Waals surface area contributed by atoms with Gasteiger partial charge in [0, 0.05) is 16.3 Å². The maximum atomic E-state index is 11.6. The van der Waals surface area contributed by atoms with Crippen LogP contribution in [0.25, 0.3) is 0 Å². The van der Waals surface area contributed by atoms with Gasteiger partial charge >= 0.3 is 0 Å². The summed E-state index contributed by atoms with van der Waals surface area (Å²) in [5.41, 5.74) is 0. The van der Waals surface area contributed by atoms with Gasteiger partial charge in [0.05, 0.1) is 12.6 Å². The summed E-state index contributed by atoms with van der Waals surface area (Å²) < 4.78 is 0. The Balaban J connectivity index is 2.16. The van der Waals surface area contributed by atoms with Crippen LogP contribution in [0.3, 0.4) is 0 Å². The number of halogens is 1. The van der Waals surface area contributed by atoms with Gasteiger partial charge in [-0.3, -0.25) is 4.79 Å². The predicted octanol–water partition coefficient (Wildman–Crippen LogP) is 3.10. The Morgan fingerprint density at radius 1 is 1.42 bits per heavy atom. The van der Waals surface area contributed by atoms with Gasteiger partial charge in [-0.2, -0.15) is 0 Å². The summed E-state index contributed by atoms with van der Waals surface area (Å²) in [6.07, 6.45) is 2.07. The standard InChI is InChI=1S/C14H20ClNO2S/c1-2-12(10-17)16-14(18)4-3-9-19-13-7-5-11(15)6-8-13/h5-8,12,17H,2-4,9-10H2,1H3,(H,16,18)/t12-/m0/s1. The largest absolute Gasteiger partial charge is 0.394 e. The molecule has 0 saturated carbocycles. The van der Waals surface area contributed by atoms with Gasteiger partial charge in [0.15, 0.2) is 0 Å². The van der Waals surface area contributed by atoms with Gasteiger partial charge in [0.1, 0.15) is 0 Å². The number of thioether (sulfide) groups is 1. The van der Waals surface area contributed by atoms with Crippen LogP contribution in [0.1, 0.15) is 26.2 Å². The summed E-state index contributed by atoms with van der Waals surface area (Å²) in [5, 5.41) is 12.5. The topological polar surface area (TPSA) is 49.3 Å². The summed E-state index contributed by atoms with van der Waals surface area (Å²) in [7, 11) is 0. The summed E-state index contributed by atoms with van der Waals surface area (Å²) in [5.74, 6) is 0.905. The van der Waals surface area contributed by atoms with Gasteiger partial charge in [0.2, 0.25) is 5.91 Å². The van der Waals surface area contributed by atoms with Gasteiger partial charge in [-0.15, -0.1) is 11.8 Å². The molecule has 0 saturated heterocycles. The van der Waals surface area contributed by atoms with Gasteiger partial charge in [-0.05, 0) is 42.9 Å². The quantitative estimate of drug-likeness (QED) is 0.573. The van der Waals surface area contributed by atoms with Crippen molar-refractivity contribution in [3.63, 3.8) is 0 Å². The van der Waals surface area contributed by atoms with E-state index in [0.717, 1.165) is 28.5 Å². The maximum Gasteiger partial charge on any atom is 0.220 e. The maximum absolute atomic E-state index is 11.6. The van der Waals surface area contributed by atoms with Gasteiger partial charge in [-0.25, -0.2) is 0 Å². The molecule has 0 bridgehead atoms. The highest BCUT2D eigenvalue weighted by Crippen LogP contribution is 2.21. The highest BCUT2D eigenvalue weighted by Gasteiger charge is 2.08. The van der Waals surface area contributed by atoms with Crippen molar-refractivity contribution in [3.05, 3.63) is 29.3 Å². The molecule has 0 heterocycles. The molecule has 5 heteroatoms. The molecule has 0 unspecified atom stereocenters. The molecule has 1 atom stereocenters. The van der Waals surface area contributed by atoms with E-state index >= 15 is 0 Å². The fraction of sp³-hybridized carbons (Fsp3) is 0.500. The Bertz CT molecular complexity index is 380. The summed E-state index contributed by atoms with van der Waals surface area (Å²) in [6.45, 7) is 1.94. The number of aliphatic hydroxyl groups is 1. The van der Waals surface area contributed by atoms with Crippen LogP contribution in [0.5, 0.6) is 0 Å². The Morgan fingerprint density at radius 2 is 2.11 bits per heavy atom. The SMILES string of the molecule is CC[C@@H](CO)NC(=O)CCCSc1ccc(Cl)cc1. The van der Waals surface area contributed by atoms with Gasteiger partial charge in [0.25, 0.3) is 0 Å². The molecule has 3 nitrogen and oxygen atoms in total. The molecule has 1 amide bonds. The van der Waals surface area contributed by atoms with Crippen molar-refractivity contribution in [2.75, 3.05) is 12.4 Å². The number of amides is 1. The minimum Gasteiger partial charge on any atom is -0.394 e. The molecule has 0 aliphatic rings. The minimum absolute atomic E-state index is 0.00175. The van der Waals surface area contributed by atoms with Crippen molar-refractivity contribution >= 4 is 29.3 Å². The van der Waals surface area contributed by atoms with Crippen LogP contribution >= 0.6 is 23.4 Å². The first kappa shape index (κ1) is 16.3. The first-order valence-corrected chi connectivity index (χ1v) is 7.80. The third-order valence-corrected chi connectivity index (χ3v) is 4.06. The molecular weight excluding hydrogens is 282 g/mol. The van der Waals surface area contributed by atoms with E-state index in [-0.39, 0.29) is 18.6 Å². The smallest absolute Gasteiger partial charge is 0.220 e. The average Bonchev–Trinajstić information content (AvgIpc) is 2.43. The molecule has 1 aromatic rings. The Morgan fingerprint density at radius 3 is 2.68 bits per heavy atom. The Labute approximate surface area is 123 Å². The van der Waals surface area contributed by atoms with Crippen molar-refractivity contribution in [3.8, 4) is 0 Å². The van der Waals surface area contributed by atoms with Crippen LogP contribution in [0, 0.1) is 0 Å². The molecular formula is C14H20ClNO2S. The third-order valence-electron chi connectivity index (χ3n) is 2.71. The van der Waals surface area contributed by atoms with Crippen LogP contribution in [0.2, 0.25) is 5.02 Å². The van der Waals surface area contributed by atoms with Crippen molar-refractivity contribution in [1.29, 1.82) is 0 Å². The fourth-order valence-corrected chi connectivity index (χ4v) is 2.51. The van der Waals surface area contributed by atoms with Crippen LogP contribution in [-0.4, -0.2) is 29.4 Å². The second-order valence-electron chi connectivity index (χ2n) is 4.26. The zero-order valence-corrected chi connectivity index (χ0v) is 12.6. The highest BCUT2D eigenvalue weighted by molar-refractivity contribution is 7.99. The first-order valence-electron chi connectivity index (χ1n) is 6.44. The number of benzene rings is 1. The van der Waals surface area contributed by atoms with Crippen LogP contribution in [-0.2, 0) is 4.79 Å². The monoisotopic (exact) mass is 301 g/mol. The number of hydrogen-bond acceptors (Lipinski definition) is 3. The molecule has 0 radical (unpaired) electrons. The average molecular weight is 302 g/mol. The number of carbonyl (C=O) groups excluding carboxylic acids is 1. The number of hydrogen-bond donors (Lipinski definition) is 2. The van der Waals surface area contributed by atoms with Gasteiger partial charge in [-0.1, -0.05) is 18.5 Å². The van der Waals surface area contributed by atoms with E-state index in [1.807, 2.05) is 31.2 Å². The highest BCUT2D eigenvalue weighted by atomic mass is 35.5. The molecule has 0 aromatic heterocycles. The first-order chi connectivity index (χ1) is 9.15. The van der Waals surface area contributed by atoms with Crippen molar-refractivity contribution in [2.45, 2.75) is 37.1 Å². The van der Waals surface area contributed by atoms with Crippen molar-refractivity contribution < 1.29 is 9.90 Å². The van der Waals surface area contributed by atoms with E-state index < -0.39 is 0 Å². The van der Waals surface area contributed by atoms with E-state index in [0.29, 0.717) is 6.42 Å². The molecule has 19 heavy (non-hydrogen) atoms. The zero-order chi connectivity index (χ0) is 14.1. The fourth-order valence-electron chi connectivity index (χ4n) is 1.53. The molecule has 0 spiro atoms. The lowest BCUT2D eigenvalue weighted by atomic mass is 10.2. The molecule has 106 valence electrons. The minimum atomic E-state index is -0.114. The van der Waals surface area contributed by atoms with Crippen molar-refractivity contribution in [1.82, 2.24) is 5.32 Å². The summed E-state index contributed by atoms with van der Waals surface area (Å²) in [4.78, 5) is 12.7. The number of carbonyl (C=O) groups is 1. The number of nitrogens with one attached hydrogen (secondary N) is 1. The van der Waals surface area contributed by atoms with E-state index in [9.17, 15) is 4.79 Å². The molecule has 2 N–H and O–H groups in total. The van der Waals surface area contributed by atoms with E-state index in [1.54, 1.807) is 11.8 Å². The molecule has 0 aliphatic carbocycles. The van der Waals surface area contributed by atoms with E-state index in [1.165, 1.54) is 0 Å². The van der Waals surface area contributed by atoms with Gasteiger partial charge < -0.3 is 10.4 Å². The third kappa shape index (κ3) is 6.85. The van der Waals surface area contributed by atoms with Crippen LogP contribution in [0.15, 0.2) is 29.2 Å². The lowest BCUT2D eigenvalue weighted by Crippen LogP contribution is -2.36. The molecule has 0 fully saturated rings. The molecule has 0 aliphatic heterocycles. The normalized spacial score (nSPS) is 12.2. The second kappa shape index (κ2) is 9.23. The molecule has 1 aromatic carbocycles. The second-order valence-corrected chi connectivity index (χ2v) is 5.87. The zero-order valence-electron chi connectivity index (χ0n) is 11.1. The lowest BCUT2D eigenvalue weighted by Gasteiger charge is -2.13.